The number of aromatic hydroxyl groups is 1. The number of amides is 1. The molecule has 1 amide bonds. The first-order chi connectivity index (χ1) is 10.7. The van der Waals surface area contributed by atoms with Gasteiger partial charge in [-0.05, 0) is 58.1 Å². The second kappa shape index (κ2) is 7.11. The molecule has 128 valence electrons. The maximum Gasteiger partial charge on any atom is 0.410 e. The molecule has 0 aliphatic carbocycles. The van der Waals surface area contributed by atoms with Gasteiger partial charge in [0.05, 0.1) is 0 Å². The van der Waals surface area contributed by atoms with Gasteiger partial charge in [0.15, 0.2) is 0 Å². The molecule has 0 atom stereocenters. The molecule has 5 heteroatoms. The fourth-order valence-electron chi connectivity index (χ4n) is 2.63. The highest BCUT2D eigenvalue weighted by molar-refractivity contribution is 5.68. The Hall–Kier alpha value is -1.91. The maximum absolute atomic E-state index is 12.0. The number of phenolic OH excluding ortho intramolecular Hbond substituents is 1. The number of anilines is 1. The van der Waals surface area contributed by atoms with Gasteiger partial charge in [-0.2, -0.15) is 0 Å². The van der Waals surface area contributed by atoms with E-state index < -0.39 is 5.60 Å². The number of rotatable bonds is 3. The molecular weight excluding hydrogens is 292 g/mol. The van der Waals surface area contributed by atoms with Gasteiger partial charge >= 0.3 is 6.09 Å². The second-order valence-electron chi connectivity index (χ2n) is 7.29. The smallest absolute Gasteiger partial charge is 0.410 e. The van der Waals surface area contributed by atoms with Crippen LogP contribution in [-0.4, -0.2) is 41.3 Å². The van der Waals surface area contributed by atoms with Gasteiger partial charge in [0.25, 0.3) is 0 Å². The van der Waals surface area contributed by atoms with Crippen molar-refractivity contribution in [2.75, 3.05) is 25.0 Å². The second-order valence-corrected chi connectivity index (χ2v) is 7.29. The lowest BCUT2D eigenvalue weighted by Crippen LogP contribution is -2.42. The molecule has 0 radical (unpaired) electrons. The maximum atomic E-state index is 12.0. The van der Waals surface area contributed by atoms with E-state index in [0.717, 1.165) is 43.7 Å². The minimum atomic E-state index is -0.442. The van der Waals surface area contributed by atoms with Gasteiger partial charge in [-0.15, -0.1) is 0 Å². The largest absolute Gasteiger partial charge is 0.508 e. The van der Waals surface area contributed by atoms with E-state index in [0.29, 0.717) is 11.7 Å². The molecule has 5 nitrogen and oxygen atoms in total. The normalized spacial score (nSPS) is 16.3. The summed E-state index contributed by atoms with van der Waals surface area (Å²) < 4.78 is 5.41. The molecule has 23 heavy (non-hydrogen) atoms. The molecule has 0 aromatic heterocycles. The molecule has 0 unspecified atom stereocenters. The van der Waals surface area contributed by atoms with Crippen molar-refractivity contribution in [3.05, 3.63) is 23.8 Å². The van der Waals surface area contributed by atoms with E-state index in [-0.39, 0.29) is 6.09 Å². The van der Waals surface area contributed by atoms with Gasteiger partial charge in [-0.1, -0.05) is 6.07 Å². The predicted molar refractivity (Wildman–Crippen MR) is 91.9 cm³/mol. The van der Waals surface area contributed by atoms with Crippen molar-refractivity contribution in [1.82, 2.24) is 4.90 Å². The van der Waals surface area contributed by atoms with E-state index in [9.17, 15) is 9.90 Å². The summed E-state index contributed by atoms with van der Waals surface area (Å²) in [5, 5.41) is 13.1. The van der Waals surface area contributed by atoms with Crippen LogP contribution in [0.3, 0.4) is 0 Å². The van der Waals surface area contributed by atoms with Crippen molar-refractivity contribution in [2.24, 2.45) is 5.92 Å². The molecule has 2 N–H and O–H groups in total. The average molecular weight is 320 g/mol. The van der Waals surface area contributed by atoms with Gasteiger partial charge in [0, 0.05) is 31.4 Å². The summed E-state index contributed by atoms with van der Waals surface area (Å²) in [5.41, 5.74) is 1.37. The highest BCUT2D eigenvalue weighted by atomic mass is 16.6. The molecule has 2 rings (SSSR count). The van der Waals surface area contributed by atoms with Crippen LogP contribution >= 0.6 is 0 Å². The molecule has 1 saturated heterocycles. The molecule has 1 aromatic rings. The number of nitrogens with zero attached hydrogens (tertiary/aromatic N) is 1. The van der Waals surface area contributed by atoms with Gasteiger partial charge in [-0.25, -0.2) is 4.79 Å². The van der Waals surface area contributed by atoms with E-state index in [4.69, 9.17) is 4.74 Å². The number of phenols is 1. The van der Waals surface area contributed by atoms with Gasteiger partial charge in [-0.3, -0.25) is 0 Å². The highest BCUT2D eigenvalue weighted by Gasteiger charge is 2.26. The lowest BCUT2D eigenvalue weighted by molar-refractivity contribution is 0.0188. The zero-order chi connectivity index (χ0) is 17.0. The van der Waals surface area contributed by atoms with Crippen LogP contribution in [0.2, 0.25) is 0 Å². The Morgan fingerprint density at radius 2 is 2.00 bits per heavy atom. The first-order valence-electron chi connectivity index (χ1n) is 8.26. The van der Waals surface area contributed by atoms with E-state index in [2.05, 4.69) is 5.32 Å². The van der Waals surface area contributed by atoms with Crippen molar-refractivity contribution in [1.29, 1.82) is 0 Å². The summed E-state index contributed by atoms with van der Waals surface area (Å²) in [6.45, 7) is 9.87. The van der Waals surface area contributed by atoms with Crippen LogP contribution in [0.1, 0.15) is 39.2 Å². The minimum absolute atomic E-state index is 0.215. The van der Waals surface area contributed by atoms with Gasteiger partial charge in [0.1, 0.15) is 11.4 Å². The Labute approximate surface area is 138 Å². The van der Waals surface area contributed by atoms with Crippen molar-refractivity contribution >= 4 is 11.8 Å². The summed E-state index contributed by atoms with van der Waals surface area (Å²) in [7, 11) is 0. The third-order valence-corrected chi connectivity index (χ3v) is 4.07. The first-order valence-corrected chi connectivity index (χ1v) is 8.26. The van der Waals surface area contributed by atoms with Crippen LogP contribution in [0.5, 0.6) is 5.75 Å². The lowest BCUT2D eigenvalue weighted by Gasteiger charge is -2.33. The Morgan fingerprint density at radius 3 is 2.57 bits per heavy atom. The van der Waals surface area contributed by atoms with Crippen LogP contribution in [0.15, 0.2) is 18.2 Å². The zero-order valence-electron chi connectivity index (χ0n) is 14.6. The standard InChI is InChI=1S/C18H28N2O3/c1-13-5-6-15(11-16(13)21)19-12-14-7-9-20(10-8-14)17(22)23-18(2,3)4/h5-6,11,14,19,21H,7-10,12H2,1-4H3. The predicted octanol–water partition coefficient (Wildman–Crippen LogP) is 3.76. The van der Waals surface area contributed by atoms with Gasteiger partial charge in [0.2, 0.25) is 0 Å². The van der Waals surface area contributed by atoms with Crippen LogP contribution < -0.4 is 5.32 Å². The fourth-order valence-corrected chi connectivity index (χ4v) is 2.63. The van der Waals surface area contributed by atoms with E-state index >= 15 is 0 Å². The van der Waals surface area contributed by atoms with Crippen molar-refractivity contribution < 1.29 is 14.6 Å². The number of aryl methyl sites for hydroxylation is 1. The number of ether oxygens (including phenoxy) is 1. The number of likely N-dealkylation sites (tertiary alicyclic amines) is 1. The summed E-state index contributed by atoms with van der Waals surface area (Å²) in [6.07, 6.45) is 1.71. The minimum Gasteiger partial charge on any atom is -0.508 e. The fraction of sp³-hybridized carbons (Fsp3) is 0.611. The Balaban J connectivity index is 1.76. The molecule has 0 spiro atoms. The molecule has 1 aliphatic rings. The monoisotopic (exact) mass is 320 g/mol. The van der Waals surface area contributed by atoms with Crippen LogP contribution in [-0.2, 0) is 4.74 Å². The number of carbonyl (C=O) groups excluding carboxylic acids is 1. The van der Waals surface area contributed by atoms with Gasteiger partial charge < -0.3 is 20.1 Å². The van der Waals surface area contributed by atoms with E-state index in [1.807, 2.05) is 39.8 Å². The summed E-state index contributed by atoms with van der Waals surface area (Å²) in [5.74, 6) is 0.840. The number of hydrogen-bond donors (Lipinski definition) is 2. The number of piperidine rings is 1. The third-order valence-electron chi connectivity index (χ3n) is 4.07. The molecule has 1 fully saturated rings. The number of nitrogens with one attached hydrogen (secondary N) is 1. The van der Waals surface area contributed by atoms with Crippen LogP contribution in [0.25, 0.3) is 0 Å². The number of benzene rings is 1. The SMILES string of the molecule is Cc1ccc(NCC2CCN(C(=O)OC(C)(C)C)CC2)cc1O. The molecule has 0 saturated carbocycles. The van der Waals surface area contributed by atoms with Crippen molar-refractivity contribution in [3.63, 3.8) is 0 Å². The highest BCUT2D eigenvalue weighted by Crippen LogP contribution is 2.23. The van der Waals surface area contributed by atoms with E-state index in [1.165, 1.54) is 0 Å². The molecule has 1 heterocycles. The van der Waals surface area contributed by atoms with Crippen molar-refractivity contribution in [3.8, 4) is 5.75 Å². The van der Waals surface area contributed by atoms with Crippen LogP contribution in [0, 0.1) is 12.8 Å². The third kappa shape index (κ3) is 5.34. The van der Waals surface area contributed by atoms with E-state index in [1.54, 1.807) is 11.0 Å². The summed E-state index contributed by atoms with van der Waals surface area (Å²) in [4.78, 5) is 13.8. The number of hydrogen-bond acceptors (Lipinski definition) is 4. The molecule has 0 bridgehead atoms. The topological polar surface area (TPSA) is 61.8 Å². The quantitative estimate of drug-likeness (QED) is 0.890. The molecule has 1 aromatic carbocycles. The summed E-state index contributed by atoms with van der Waals surface area (Å²) in [6, 6.07) is 5.64. The first kappa shape index (κ1) is 17.4. The Bertz CT molecular complexity index is 544. The summed E-state index contributed by atoms with van der Waals surface area (Å²) >= 11 is 0. The molecule has 1 aliphatic heterocycles. The number of carbonyl (C=O) groups is 1. The lowest BCUT2D eigenvalue weighted by atomic mass is 9.97. The molecular formula is C18H28N2O3. The Kier molecular flexibility index (Phi) is 5.39. The van der Waals surface area contributed by atoms with Crippen molar-refractivity contribution in [2.45, 2.75) is 46.1 Å². The average Bonchev–Trinajstić information content (AvgIpc) is 2.47. The Morgan fingerprint density at radius 1 is 1.35 bits per heavy atom. The zero-order valence-corrected chi connectivity index (χ0v) is 14.6. The van der Waals surface area contributed by atoms with Crippen LogP contribution in [0.4, 0.5) is 10.5 Å².